The first kappa shape index (κ1) is 25.3. The van der Waals surface area contributed by atoms with Crippen LogP contribution in [0.5, 0.6) is 11.5 Å². The van der Waals surface area contributed by atoms with E-state index < -0.39 is 5.91 Å². The molecule has 1 fully saturated rings. The lowest BCUT2D eigenvalue weighted by Gasteiger charge is -2.26. The summed E-state index contributed by atoms with van der Waals surface area (Å²) in [6.45, 7) is 8.39. The maximum atomic E-state index is 13.4. The minimum absolute atomic E-state index is 0.0525. The van der Waals surface area contributed by atoms with Crippen LogP contribution in [0.15, 0.2) is 29.3 Å². The largest absolute Gasteiger partial charge is 0.491 e. The van der Waals surface area contributed by atoms with E-state index in [0.717, 1.165) is 39.3 Å². The zero-order chi connectivity index (χ0) is 25.7. The molecular formula is C24H31N7O5. The van der Waals surface area contributed by atoms with Crippen molar-refractivity contribution in [3.05, 3.63) is 40.4 Å². The van der Waals surface area contributed by atoms with E-state index in [4.69, 9.17) is 19.9 Å². The van der Waals surface area contributed by atoms with Gasteiger partial charge in [-0.3, -0.25) is 24.4 Å². The van der Waals surface area contributed by atoms with Crippen LogP contribution < -0.4 is 26.1 Å². The summed E-state index contributed by atoms with van der Waals surface area (Å²) >= 11 is 0. The number of methoxy groups -OCH3 is 1. The van der Waals surface area contributed by atoms with Crippen LogP contribution in [-0.2, 0) is 4.74 Å². The Labute approximate surface area is 208 Å². The van der Waals surface area contributed by atoms with Crippen LogP contribution in [0, 0.1) is 0 Å². The molecule has 0 radical (unpaired) electrons. The smallest absolute Gasteiger partial charge is 0.263 e. The van der Waals surface area contributed by atoms with Gasteiger partial charge >= 0.3 is 0 Å². The van der Waals surface area contributed by atoms with Crippen molar-refractivity contribution in [3.8, 4) is 11.5 Å². The Kier molecular flexibility index (Phi) is 7.96. The summed E-state index contributed by atoms with van der Waals surface area (Å²) in [5.41, 5.74) is 5.68. The Morgan fingerprint density at radius 3 is 2.61 bits per heavy atom. The molecule has 3 heterocycles. The second-order valence-corrected chi connectivity index (χ2v) is 8.64. The van der Waals surface area contributed by atoms with Crippen molar-refractivity contribution in [2.45, 2.75) is 26.3 Å². The number of aromatic nitrogens is 4. The standard InChI is InChI=1S/C24H31N7O5/c1-15(2)31-22(33)17-5-6-18(36-10-4-7-30-8-11-35-12-9-30)20(34-3)19(17)28-24(31)29-21(32)16-13-26-23(25)27-14-16/h5-6,13-15H,4,7-12H2,1-3H3,(H2,25,26,27)(H,28,29,32). The lowest BCUT2D eigenvalue weighted by Crippen LogP contribution is -2.37. The van der Waals surface area contributed by atoms with E-state index in [9.17, 15) is 9.59 Å². The predicted octanol–water partition coefficient (Wildman–Crippen LogP) is 1.71. The van der Waals surface area contributed by atoms with Gasteiger partial charge < -0.3 is 19.9 Å². The van der Waals surface area contributed by atoms with Crippen LogP contribution in [0.4, 0.5) is 11.9 Å². The molecule has 0 aliphatic carbocycles. The zero-order valence-corrected chi connectivity index (χ0v) is 20.7. The third-order valence-corrected chi connectivity index (χ3v) is 5.85. The number of nitrogens with zero attached hydrogens (tertiary/aromatic N) is 5. The summed E-state index contributed by atoms with van der Waals surface area (Å²) in [4.78, 5) is 40.8. The fraction of sp³-hybridized carbons (Fsp3) is 0.458. The number of carbonyl (C=O) groups excluding carboxylic acids is 1. The van der Waals surface area contributed by atoms with Gasteiger partial charge in [-0.25, -0.2) is 15.0 Å². The molecule has 1 aliphatic heterocycles. The van der Waals surface area contributed by atoms with Crippen LogP contribution in [0.3, 0.4) is 0 Å². The average Bonchev–Trinajstić information content (AvgIpc) is 2.87. The van der Waals surface area contributed by atoms with Gasteiger partial charge in [-0.1, -0.05) is 0 Å². The van der Waals surface area contributed by atoms with Gasteiger partial charge in [0.1, 0.15) is 5.52 Å². The highest BCUT2D eigenvalue weighted by Gasteiger charge is 2.21. The first-order valence-corrected chi connectivity index (χ1v) is 11.8. The van der Waals surface area contributed by atoms with Gasteiger partial charge in [-0.05, 0) is 32.4 Å². The molecule has 1 aromatic carbocycles. The van der Waals surface area contributed by atoms with Gasteiger partial charge in [0.05, 0.1) is 37.9 Å². The Morgan fingerprint density at radius 2 is 1.94 bits per heavy atom. The number of hydrogen-bond acceptors (Lipinski definition) is 10. The normalized spacial score (nSPS) is 14.2. The molecule has 0 bridgehead atoms. The van der Waals surface area contributed by atoms with Gasteiger partial charge in [-0.2, -0.15) is 0 Å². The second kappa shape index (κ2) is 11.3. The Morgan fingerprint density at radius 1 is 1.22 bits per heavy atom. The molecule has 0 spiro atoms. The number of nitrogens with one attached hydrogen (secondary N) is 1. The van der Waals surface area contributed by atoms with Crippen molar-refractivity contribution in [2.24, 2.45) is 0 Å². The quantitative estimate of drug-likeness (QED) is 0.419. The second-order valence-electron chi connectivity index (χ2n) is 8.64. The molecule has 1 aliphatic rings. The number of rotatable bonds is 9. The highest BCUT2D eigenvalue weighted by molar-refractivity contribution is 6.03. The highest BCUT2D eigenvalue weighted by Crippen LogP contribution is 2.34. The highest BCUT2D eigenvalue weighted by atomic mass is 16.5. The molecule has 0 unspecified atom stereocenters. The molecule has 12 heteroatoms. The van der Waals surface area contributed by atoms with E-state index in [1.54, 1.807) is 12.1 Å². The SMILES string of the molecule is COc1c(OCCCN2CCOCC2)ccc2c(=O)n(C(C)C)c(NC(=O)c3cnc(N)nc3)nc12. The van der Waals surface area contributed by atoms with Crippen molar-refractivity contribution < 1.29 is 19.0 Å². The van der Waals surface area contributed by atoms with Gasteiger partial charge in [-0.15, -0.1) is 0 Å². The van der Waals surface area contributed by atoms with E-state index in [0.29, 0.717) is 29.0 Å². The summed E-state index contributed by atoms with van der Waals surface area (Å²) in [6.07, 6.45) is 3.44. The fourth-order valence-electron chi connectivity index (χ4n) is 4.02. The third kappa shape index (κ3) is 5.55. The molecule has 3 aromatic rings. The molecule has 1 saturated heterocycles. The van der Waals surface area contributed by atoms with Crippen molar-refractivity contribution in [1.82, 2.24) is 24.4 Å². The molecule has 0 saturated carbocycles. The molecule has 1 amide bonds. The van der Waals surface area contributed by atoms with Crippen LogP contribution in [0.1, 0.15) is 36.7 Å². The van der Waals surface area contributed by atoms with E-state index >= 15 is 0 Å². The summed E-state index contributed by atoms with van der Waals surface area (Å²) in [6, 6.07) is 3.12. The van der Waals surface area contributed by atoms with Crippen LogP contribution in [-0.4, -0.2) is 76.9 Å². The maximum Gasteiger partial charge on any atom is 0.263 e. The number of fused-ring (bicyclic) bond motifs is 1. The minimum Gasteiger partial charge on any atom is -0.491 e. The minimum atomic E-state index is -0.523. The third-order valence-electron chi connectivity index (χ3n) is 5.85. The Hall–Kier alpha value is -3.77. The number of hydrogen-bond donors (Lipinski definition) is 2. The molecule has 12 nitrogen and oxygen atoms in total. The number of benzene rings is 1. The van der Waals surface area contributed by atoms with Gasteiger partial charge in [0, 0.05) is 38.1 Å². The number of amides is 1. The molecule has 36 heavy (non-hydrogen) atoms. The van der Waals surface area contributed by atoms with E-state index in [-0.39, 0.29) is 29.1 Å². The van der Waals surface area contributed by atoms with Crippen molar-refractivity contribution in [1.29, 1.82) is 0 Å². The Bertz CT molecular complexity index is 1270. The molecule has 2 aromatic heterocycles. The van der Waals surface area contributed by atoms with Crippen molar-refractivity contribution >= 4 is 28.7 Å². The Balaban J connectivity index is 1.62. The number of ether oxygens (including phenoxy) is 3. The maximum absolute atomic E-state index is 13.4. The number of morpholine rings is 1. The van der Waals surface area contributed by atoms with E-state index in [1.165, 1.54) is 24.1 Å². The summed E-state index contributed by atoms with van der Waals surface area (Å²) in [5, 5.41) is 3.06. The van der Waals surface area contributed by atoms with E-state index in [1.807, 2.05) is 13.8 Å². The molecule has 4 rings (SSSR count). The molecule has 3 N–H and O–H groups in total. The first-order valence-electron chi connectivity index (χ1n) is 11.8. The summed E-state index contributed by atoms with van der Waals surface area (Å²) < 4.78 is 18.4. The fourth-order valence-corrected chi connectivity index (χ4v) is 4.02. The van der Waals surface area contributed by atoms with Crippen molar-refractivity contribution in [2.75, 3.05) is 57.6 Å². The molecular weight excluding hydrogens is 466 g/mol. The molecule has 0 atom stereocenters. The lowest BCUT2D eigenvalue weighted by molar-refractivity contribution is 0.0357. The van der Waals surface area contributed by atoms with Crippen molar-refractivity contribution in [3.63, 3.8) is 0 Å². The van der Waals surface area contributed by atoms with Gasteiger partial charge in [0.2, 0.25) is 11.9 Å². The summed E-state index contributed by atoms with van der Waals surface area (Å²) in [5.74, 6) is 0.414. The topological polar surface area (TPSA) is 147 Å². The molecule has 192 valence electrons. The van der Waals surface area contributed by atoms with Crippen LogP contribution in [0.2, 0.25) is 0 Å². The van der Waals surface area contributed by atoms with Crippen LogP contribution in [0.25, 0.3) is 10.9 Å². The monoisotopic (exact) mass is 497 g/mol. The lowest BCUT2D eigenvalue weighted by atomic mass is 10.2. The van der Waals surface area contributed by atoms with Gasteiger partial charge in [0.15, 0.2) is 11.5 Å². The van der Waals surface area contributed by atoms with Gasteiger partial charge in [0.25, 0.3) is 11.5 Å². The number of nitrogens with two attached hydrogens (primary N) is 1. The predicted molar refractivity (Wildman–Crippen MR) is 135 cm³/mol. The van der Waals surface area contributed by atoms with E-state index in [2.05, 4.69) is 25.2 Å². The zero-order valence-electron chi connectivity index (χ0n) is 20.7. The number of carbonyl (C=O) groups is 1. The first-order chi connectivity index (χ1) is 17.4. The van der Waals surface area contributed by atoms with Crippen LogP contribution >= 0.6 is 0 Å². The number of anilines is 2. The summed E-state index contributed by atoms with van der Waals surface area (Å²) in [7, 11) is 1.50. The number of nitrogen functional groups attached to an aromatic ring is 1. The average molecular weight is 498 g/mol.